The van der Waals surface area contributed by atoms with Crippen LogP contribution in [0, 0.1) is 6.92 Å². The second-order valence-electron chi connectivity index (χ2n) is 8.31. The molecule has 8 heteroatoms. The third-order valence-corrected chi connectivity index (χ3v) is 7.59. The molecule has 0 spiro atoms. The van der Waals surface area contributed by atoms with Crippen LogP contribution in [0.4, 0.5) is 5.69 Å². The van der Waals surface area contributed by atoms with E-state index in [0.29, 0.717) is 24.3 Å². The molecule has 1 N–H and O–H groups in total. The molecular weight excluding hydrogens is 428 g/mol. The summed E-state index contributed by atoms with van der Waals surface area (Å²) < 4.78 is 32.7. The summed E-state index contributed by atoms with van der Waals surface area (Å²) in [6, 6.07) is 11.9. The summed E-state index contributed by atoms with van der Waals surface area (Å²) in [4.78, 5) is 25.0. The summed E-state index contributed by atoms with van der Waals surface area (Å²) in [5.74, 6) is -0.978. The molecule has 2 aromatic rings. The lowest BCUT2D eigenvalue weighted by Crippen LogP contribution is -2.36. The van der Waals surface area contributed by atoms with Crippen molar-refractivity contribution in [1.29, 1.82) is 0 Å². The number of amides is 1. The lowest BCUT2D eigenvalue weighted by Gasteiger charge is -2.26. The van der Waals surface area contributed by atoms with Gasteiger partial charge in [0.1, 0.15) is 0 Å². The molecule has 1 saturated heterocycles. The zero-order valence-electron chi connectivity index (χ0n) is 18.8. The van der Waals surface area contributed by atoms with Crippen molar-refractivity contribution in [2.24, 2.45) is 0 Å². The first-order valence-corrected chi connectivity index (χ1v) is 12.3. The summed E-state index contributed by atoms with van der Waals surface area (Å²) in [6.07, 6.45) is 2.67. The number of nitrogens with zero attached hydrogens (tertiary/aromatic N) is 1. The van der Waals surface area contributed by atoms with Gasteiger partial charge in [0.15, 0.2) is 6.61 Å². The first kappa shape index (κ1) is 23.9. The van der Waals surface area contributed by atoms with E-state index in [1.807, 2.05) is 32.0 Å². The third-order valence-electron chi connectivity index (χ3n) is 5.55. The Bertz CT molecular complexity index is 1090. The summed E-state index contributed by atoms with van der Waals surface area (Å²) in [6.45, 7) is 6.25. The van der Waals surface area contributed by atoms with Crippen LogP contribution in [0.2, 0.25) is 0 Å². The number of rotatable bonds is 7. The lowest BCUT2D eigenvalue weighted by molar-refractivity contribution is -0.119. The number of hydrogen-bond acceptors (Lipinski definition) is 5. The van der Waals surface area contributed by atoms with Crippen molar-refractivity contribution in [3.05, 3.63) is 59.2 Å². The fourth-order valence-electron chi connectivity index (χ4n) is 3.76. The number of hydrogen-bond donors (Lipinski definition) is 1. The number of carbonyl (C=O) groups is 2. The van der Waals surface area contributed by atoms with Crippen molar-refractivity contribution in [3.63, 3.8) is 0 Å². The van der Waals surface area contributed by atoms with Crippen molar-refractivity contribution >= 4 is 27.6 Å². The SMILES string of the molecule is Cc1ccc(C(=O)OCC(=O)Nc2ccccc2C(C)C)cc1S(=O)(=O)N1CCCCC1. The van der Waals surface area contributed by atoms with Gasteiger partial charge in [-0.05, 0) is 55.0 Å². The van der Waals surface area contributed by atoms with E-state index in [1.54, 1.807) is 19.1 Å². The average molecular weight is 459 g/mol. The number of benzene rings is 2. The number of sulfonamides is 1. The van der Waals surface area contributed by atoms with E-state index in [2.05, 4.69) is 5.32 Å². The Morgan fingerprint density at radius 1 is 1.06 bits per heavy atom. The van der Waals surface area contributed by atoms with E-state index in [-0.39, 0.29) is 16.4 Å². The van der Waals surface area contributed by atoms with Gasteiger partial charge < -0.3 is 10.1 Å². The normalized spacial score (nSPS) is 14.9. The fourth-order valence-corrected chi connectivity index (χ4v) is 5.53. The zero-order chi connectivity index (χ0) is 23.3. The highest BCUT2D eigenvalue weighted by Crippen LogP contribution is 2.25. The summed E-state index contributed by atoms with van der Waals surface area (Å²) >= 11 is 0. The number of carbonyl (C=O) groups excluding carboxylic acids is 2. The summed E-state index contributed by atoms with van der Waals surface area (Å²) in [5.41, 5.74) is 2.32. The van der Waals surface area contributed by atoms with Crippen LogP contribution in [0.5, 0.6) is 0 Å². The monoisotopic (exact) mass is 458 g/mol. The van der Waals surface area contributed by atoms with Crippen LogP contribution in [-0.4, -0.2) is 44.3 Å². The van der Waals surface area contributed by atoms with Crippen molar-refractivity contribution in [2.75, 3.05) is 25.0 Å². The molecular formula is C24H30N2O5S. The predicted octanol–water partition coefficient (Wildman–Crippen LogP) is 4.09. The molecule has 0 bridgehead atoms. The van der Waals surface area contributed by atoms with E-state index in [1.165, 1.54) is 16.4 Å². The van der Waals surface area contributed by atoms with E-state index in [9.17, 15) is 18.0 Å². The number of piperidine rings is 1. The Morgan fingerprint density at radius 2 is 1.75 bits per heavy atom. The van der Waals surface area contributed by atoms with Crippen molar-refractivity contribution in [3.8, 4) is 0 Å². The van der Waals surface area contributed by atoms with Crippen LogP contribution in [0.3, 0.4) is 0 Å². The van der Waals surface area contributed by atoms with Crippen LogP contribution in [0.1, 0.15) is 60.5 Å². The topological polar surface area (TPSA) is 92.8 Å². The highest BCUT2D eigenvalue weighted by Gasteiger charge is 2.28. The molecule has 1 aliphatic rings. The molecule has 32 heavy (non-hydrogen) atoms. The molecule has 0 aromatic heterocycles. The average Bonchev–Trinajstić information content (AvgIpc) is 2.78. The quantitative estimate of drug-likeness (QED) is 0.631. The maximum absolute atomic E-state index is 13.0. The second kappa shape index (κ2) is 10.3. The van der Waals surface area contributed by atoms with Gasteiger partial charge in [0.05, 0.1) is 10.5 Å². The van der Waals surface area contributed by atoms with Crippen LogP contribution in [0.25, 0.3) is 0 Å². The van der Waals surface area contributed by atoms with Gasteiger partial charge >= 0.3 is 5.97 Å². The number of anilines is 1. The van der Waals surface area contributed by atoms with Gasteiger partial charge in [-0.3, -0.25) is 4.79 Å². The molecule has 2 aromatic carbocycles. The van der Waals surface area contributed by atoms with Gasteiger partial charge in [0.2, 0.25) is 10.0 Å². The minimum Gasteiger partial charge on any atom is -0.452 e. The molecule has 0 atom stereocenters. The van der Waals surface area contributed by atoms with E-state index < -0.39 is 28.5 Å². The van der Waals surface area contributed by atoms with Gasteiger partial charge in [0.25, 0.3) is 5.91 Å². The van der Waals surface area contributed by atoms with Gasteiger partial charge in [0, 0.05) is 18.8 Å². The standard InChI is InChI=1S/C24H30N2O5S/c1-17(2)20-9-5-6-10-21(20)25-23(27)16-31-24(28)19-12-11-18(3)22(15-19)32(29,30)26-13-7-4-8-14-26/h5-6,9-12,15,17H,4,7-8,13-14,16H2,1-3H3,(H,25,27). The Kier molecular flexibility index (Phi) is 7.69. The Hall–Kier alpha value is -2.71. The zero-order valence-corrected chi connectivity index (χ0v) is 19.6. The Labute approximate surface area is 189 Å². The number of para-hydroxylation sites is 1. The molecule has 0 aliphatic carbocycles. The number of esters is 1. The minimum absolute atomic E-state index is 0.0987. The maximum Gasteiger partial charge on any atom is 0.338 e. The first-order valence-electron chi connectivity index (χ1n) is 10.9. The molecule has 0 radical (unpaired) electrons. The van der Waals surface area contributed by atoms with Crippen LogP contribution >= 0.6 is 0 Å². The van der Waals surface area contributed by atoms with Crippen LogP contribution in [-0.2, 0) is 19.6 Å². The molecule has 7 nitrogen and oxygen atoms in total. The molecule has 1 aliphatic heterocycles. The third kappa shape index (κ3) is 5.55. The Balaban J connectivity index is 1.68. The highest BCUT2D eigenvalue weighted by molar-refractivity contribution is 7.89. The minimum atomic E-state index is -3.69. The van der Waals surface area contributed by atoms with Gasteiger partial charge in [-0.15, -0.1) is 0 Å². The summed E-state index contributed by atoms with van der Waals surface area (Å²) in [5, 5.41) is 2.77. The first-order chi connectivity index (χ1) is 15.2. The van der Waals surface area contributed by atoms with Crippen LogP contribution in [0.15, 0.2) is 47.4 Å². The maximum atomic E-state index is 13.0. The molecule has 1 heterocycles. The van der Waals surface area contributed by atoms with Gasteiger partial charge in [-0.1, -0.05) is 44.5 Å². The van der Waals surface area contributed by atoms with E-state index >= 15 is 0 Å². The molecule has 172 valence electrons. The Morgan fingerprint density at radius 3 is 2.44 bits per heavy atom. The van der Waals surface area contributed by atoms with E-state index in [4.69, 9.17) is 4.74 Å². The van der Waals surface area contributed by atoms with Gasteiger partial charge in [-0.25, -0.2) is 13.2 Å². The smallest absolute Gasteiger partial charge is 0.338 e. The summed E-state index contributed by atoms with van der Waals surface area (Å²) in [7, 11) is -3.69. The van der Waals surface area contributed by atoms with Crippen molar-refractivity contribution < 1.29 is 22.7 Å². The largest absolute Gasteiger partial charge is 0.452 e. The second-order valence-corrected chi connectivity index (χ2v) is 10.2. The molecule has 1 amide bonds. The highest BCUT2D eigenvalue weighted by atomic mass is 32.2. The fraction of sp³-hybridized carbons (Fsp3) is 0.417. The number of aryl methyl sites for hydroxylation is 1. The van der Waals surface area contributed by atoms with Gasteiger partial charge in [-0.2, -0.15) is 4.31 Å². The number of nitrogens with one attached hydrogen (secondary N) is 1. The predicted molar refractivity (Wildman–Crippen MR) is 123 cm³/mol. The lowest BCUT2D eigenvalue weighted by atomic mass is 10.0. The molecule has 3 rings (SSSR count). The number of ether oxygens (including phenoxy) is 1. The van der Waals surface area contributed by atoms with Crippen molar-refractivity contribution in [1.82, 2.24) is 4.31 Å². The molecule has 0 unspecified atom stereocenters. The van der Waals surface area contributed by atoms with Crippen LogP contribution < -0.4 is 5.32 Å². The van der Waals surface area contributed by atoms with E-state index in [0.717, 1.165) is 24.8 Å². The molecule has 0 saturated carbocycles. The van der Waals surface area contributed by atoms with Crippen molar-refractivity contribution in [2.45, 2.75) is 50.8 Å². The molecule has 1 fully saturated rings.